The van der Waals surface area contributed by atoms with Gasteiger partial charge in [0.05, 0.1) is 6.54 Å². The number of aromatic nitrogens is 1. The third-order valence-corrected chi connectivity index (χ3v) is 3.23. The van der Waals surface area contributed by atoms with E-state index in [-0.39, 0.29) is 6.54 Å². The number of anilines is 2. The molecule has 0 fully saturated rings. The molecule has 1 amide bonds. The fraction of sp³-hybridized carbons (Fsp3) is 0.200. The molecule has 4 nitrogen and oxygen atoms in total. The Morgan fingerprint density at radius 3 is 2.04 bits per heavy atom. The molecule has 0 aliphatic rings. The number of likely N-dealkylation sites (N-methyl/N-ethyl adjacent to an activating group) is 1. The van der Waals surface area contributed by atoms with E-state index < -0.39 is 59.0 Å². The van der Waals surface area contributed by atoms with Crippen molar-refractivity contribution in [3.8, 4) is 0 Å². The Morgan fingerprint density at radius 1 is 1.04 bits per heavy atom. The molecule has 25 heavy (non-hydrogen) atoms. The Balaban J connectivity index is 2.28. The van der Waals surface area contributed by atoms with Crippen LogP contribution in [-0.4, -0.2) is 24.0 Å². The zero-order valence-corrected chi connectivity index (χ0v) is 12.7. The summed E-state index contributed by atoms with van der Waals surface area (Å²) in [4.78, 5) is 15.0. The smallest absolute Gasteiger partial charge is 0.253 e. The van der Waals surface area contributed by atoms with Crippen molar-refractivity contribution >= 4 is 17.3 Å². The lowest BCUT2D eigenvalue weighted by Crippen LogP contribution is -2.35. The SMILES string of the molecule is CCN(CC(=O)Nc1c(F)cccc1F)c1c(F)c(F)nc(F)c1F. The van der Waals surface area contributed by atoms with Crippen LogP contribution >= 0.6 is 0 Å². The molecule has 0 aliphatic carbocycles. The Bertz CT molecular complexity index is 768. The van der Waals surface area contributed by atoms with E-state index in [2.05, 4.69) is 4.98 Å². The molecule has 1 aromatic heterocycles. The van der Waals surface area contributed by atoms with E-state index in [1.54, 1.807) is 0 Å². The number of hydrogen-bond donors (Lipinski definition) is 1. The third-order valence-electron chi connectivity index (χ3n) is 3.23. The van der Waals surface area contributed by atoms with Crippen LogP contribution in [0, 0.1) is 35.2 Å². The summed E-state index contributed by atoms with van der Waals surface area (Å²) in [5, 5.41) is 1.90. The molecular formula is C15H11F6N3O. The minimum absolute atomic E-state index is 0.232. The van der Waals surface area contributed by atoms with E-state index in [9.17, 15) is 31.1 Å². The maximum atomic E-state index is 13.7. The molecule has 0 unspecified atom stereocenters. The number of amides is 1. The number of nitrogens with one attached hydrogen (secondary N) is 1. The summed E-state index contributed by atoms with van der Waals surface area (Å²) in [6.45, 7) is 0.303. The van der Waals surface area contributed by atoms with Gasteiger partial charge in [0.15, 0.2) is 0 Å². The maximum absolute atomic E-state index is 13.7. The highest BCUT2D eigenvalue weighted by Gasteiger charge is 2.26. The molecule has 1 aromatic carbocycles. The topological polar surface area (TPSA) is 45.2 Å². The highest BCUT2D eigenvalue weighted by molar-refractivity contribution is 5.94. The molecular weight excluding hydrogens is 352 g/mol. The van der Waals surface area contributed by atoms with Gasteiger partial charge in [-0.3, -0.25) is 4.79 Å². The monoisotopic (exact) mass is 363 g/mol. The van der Waals surface area contributed by atoms with Gasteiger partial charge in [-0.25, -0.2) is 8.78 Å². The van der Waals surface area contributed by atoms with Crippen molar-refractivity contribution in [3.63, 3.8) is 0 Å². The second-order valence-electron chi connectivity index (χ2n) is 4.83. The van der Waals surface area contributed by atoms with Gasteiger partial charge in [0, 0.05) is 6.54 Å². The molecule has 0 atom stereocenters. The Morgan fingerprint density at radius 2 is 1.56 bits per heavy atom. The van der Waals surface area contributed by atoms with Crippen molar-refractivity contribution in [2.45, 2.75) is 6.92 Å². The first-order valence-electron chi connectivity index (χ1n) is 6.95. The Labute approximate surface area is 138 Å². The largest absolute Gasteiger partial charge is 0.357 e. The van der Waals surface area contributed by atoms with Crippen LogP contribution in [0.2, 0.25) is 0 Å². The van der Waals surface area contributed by atoms with E-state index in [4.69, 9.17) is 0 Å². The third kappa shape index (κ3) is 3.83. The van der Waals surface area contributed by atoms with Crippen LogP contribution in [0.25, 0.3) is 0 Å². The van der Waals surface area contributed by atoms with Crippen molar-refractivity contribution < 1.29 is 31.1 Å². The predicted molar refractivity (Wildman–Crippen MR) is 76.9 cm³/mol. The molecule has 1 N–H and O–H groups in total. The molecule has 10 heteroatoms. The number of rotatable bonds is 5. The lowest BCUT2D eigenvalue weighted by Gasteiger charge is -2.23. The summed E-state index contributed by atoms with van der Waals surface area (Å²) < 4.78 is 80.9. The minimum Gasteiger partial charge on any atom is -0.357 e. The van der Waals surface area contributed by atoms with Crippen LogP contribution in [0.3, 0.4) is 0 Å². The molecule has 0 spiro atoms. The summed E-state index contributed by atoms with van der Waals surface area (Å²) in [7, 11) is 0. The van der Waals surface area contributed by atoms with E-state index >= 15 is 0 Å². The highest BCUT2D eigenvalue weighted by Crippen LogP contribution is 2.26. The van der Waals surface area contributed by atoms with E-state index in [1.165, 1.54) is 6.92 Å². The van der Waals surface area contributed by atoms with Gasteiger partial charge < -0.3 is 10.2 Å². The van der Waals surface area contributed by atoms with Crippen LogP contribution in [0.15, 0.2) is 18.2 Å². The molecule has 0 aliphatic heterocycles. The number of benzene rings is 1. The first-order valence-corrected chi connectivity index (χ1v) is 6.95. The lowest BCUT2D eigenvalue weighted by molar-refractivity contribution is -0.115. The van der Waals surface area contributed by atoms with Crippen molar-refractivity contribution in [1.29, 1.82) is 0 Å². The summed E-state index contributed by atoms with van der Waals surface area (Å²) in [5.74, 6) is -10.5. The molecule has 2 rings (SSSR count). The van der Waals surface area contributed by atoms with Gasteiger partial charge >= 0.3 is 0 Å². The predicted octanol–water partition coefficient (Wildman–Crippen LogP) is 3.38. The van der Waals surface area contributed by atoms with Gasteiger partial charge in [-0.2, -0.15) is 22.5 Å². The highest BCUT2D eigenvalue weighted by atomic mass is 19.2. The van der Waals surface area contributed by atoms with E-state index in [0.717, 1.165) is 18.2 Å². The van der Waals surface area contributed by atoms with Crippen LogP contribution in [0.4, 0.5) is 37.7 Å². The number of pyridine rings is 1. The fourth-order valence-electron chi connectivity index (χ4n) is 2.07. The molecule has 1 heterocycles. The Kier molecular flexibility index (Phi) is 5.50. The minimum atomic E-state index is -1.88. The average Bonchev–Trinajstić information content (AvgIpc) is 2.55. The van der Waals surface area contributed by atoms with Gasteiger partial charge in [-0.15, -0.1) is 0 Å². The molecule has 0 bridgehead atoms. The molecule has 0 saturated heterocycles. The van der Waals surface area contributed by atoms with Crippen molar-refractivity contribution in [1.82, 2.24) is 4.98 Å². The summed E-state index contributed by atoms with van der Waals surface area (Å²) in [6, 6.07) is 2.86. The zero-order chi connectivity index (χ0) is 18.7. The Hall–Kier alpha value is -2.78. The maximum Gasteiger partial charge on any atom is 0.253 e. The quantitative estimate of drug-likeness (QED) is 0.654. The second kappa shape index (κ2) is 7.41. The molecule has 0 radical (unpaired) electrons. The number of halogens is 6. The van der Waals surface area contributed by atoms with Gasteiger partial charge in [-0.1, -0.05) is 6.07 Å². The summed E-state index contributed by atoms with van der Waals surface area (Å²) in [6.07, 6.45) is 0. The zero-order valence-electron chi connectivity index (χ0n) is 12.7. The van der Waals surface area contributed by atoms with Crippen molar-refractivity contribution in [2.24, 2.45) is 0 Å². The number of para-hydroxylation sites is 1. The number of hydrogen-bond acceptors (Lipinski definition) is 3. The molecule has 134 valence electrons. The fourth-order valence-corrected chi connectivity index (χ4v) is 2.07. The normalized spacial score (nSPS) is 10.7. The van der Waals surface area contributed by atoms with Crippen LogP contribution in [-0.2, 0) is 4.79 Å². The first-order chi connectivity index (χ1) is 11.8. The first kappa shape index (κ1) is 18.6. The van der Waals surface area contributed by atoms with E-state index in [1.807, 2.05) is 5.32 Å². The molecule has 0 saturated carbocycles. The number of nitrogens with zero attached hydrogens (tertiary/aromatic N) is 2. The van der Waals surface area contributed by atoms with Crippen LogP contribution < -0.4 is 10.2 Å². The van der Waals surface area contributed by atoms with Gasteiger partial charge in [0.25, 0.3) is 11.9 Å². The van der Waals surface area contributed by atoms with Crippen molar-refractivity contribution in [2.75, 3.05) is 23.3 Å². The van der Waals surface area contributed by atoms with Gasteiger partial charge in [0.2, 0.25) is 17.5 Å². The van der Waals surface area contributed by atoms with Gasteiger partial charge in [0.1, 0.15) is 23.0 Å². The lowest BCUT2D eigenvalue weighted by atomic mass is 10.2. The van der Waals surface area contributed by atoms with E-state index in [0.29, 0.717) is 4.90 Å². The van der Waals surface area contributed by atoms with Crippen LogP contribution in [0.5, 0.6) is 0 Å². The van der Waals surface area contributed by atoms with Crippen molar-refractivity contribution in [3.05, 3.63) is 53.4 Å². The van der Waals surface area contributed by atoms with Gasteiger partial charge in [-0.05, 0) is 19.1 Å². The van der Waals surface area contributed by atoms with Crippen LogP contribution in [0.1, 0.15) is 6.92 Å². The summed E-state index contributed by atoms with van der Waals surface area (Å²) in [5.41, 5.74) is -1.90. The number of carbonyl (C=O) groups excluding carboxylic acids is 1. The number of carbonyl (C=O) groups is 1. The standard InChI is InChI=1S/C15H11F6N3O/c1-2-24(13-10(18)14(20)23-15(21)11(13)19)6-9(25)22-12-7(16)4-3-5-8(12)17/h3-5H,2,6H2,1H3,(H,22,25). The average molecular weight is 363 g/mol. The second-order valence-corrected chi connectivity index (χ2v) is 4.83. The summed E-state index contributed by atoms with van der Waals surface area (Å²) >= 11 is 0. The molecule has 2 aromatic rings.